The van der Waals surface area contributed by atoms with Gasteiger partial charge in [-0.2, -0.15) is 0 Å². The van der Waals surface area contributed by atoms with Gasteiger partial charge in [-0.15, -0.1) is 20.4 Å². The average Bonchev–Trinajstić information content (AvgIpc) is 3.53. The molecule has 31 heavy (non-hydrogen) atoms. The van der Waals surface area contributed by atoms with Crippen LogP contribution in [0.3, 0.4) is 0 Å². The van der Waals surface area contributed by atoms with Crippen LogP contribution in [0.25, 0.3) is 17.1 Å². The van der Waals surface area contributed by atoms with E-state index >= 15 is 0 Å². The van der Waals surface area contributed by atoms with Crippen molar-refractivity contribution in [3.63, 3.8) is 0 Å². The number of halogens is 1. The summed E-state index contributed by atoms with van der Waals surface area (Å²) < 4.78 is 7.96. The highest BCUT2D eigenvalue weighted by molar-refractivity contribution is 7.98. The fourth-order valence-corrected chi connectivity index (χ4v) is 4.58. The van der Waals surface area contributed by atoms with E-state index in [9.17, 15) is 0 Å². The number of anilines is 1. The molecule has 3 heterocycles. The minimum absolute atomic E-state index is 0.416. The molecule has 0 spiro atoms. The summed E-state index contributed by atoms with van der Waals surface area (Å²) in [4.78, 5) is 2.29. The van der Waals surface area contributed by atoms with E-state index in [2.05, 4.69) is 61.1 Å². The molecule has 0 unspecified atom stereocenters. The molecule has 1 saturated heterocycles. The average molecular weight is 453 g/mol. The summed E-state index contributed by atoms with van der Waals surface area (Å²) >= 11 is 7.77. The Morgan fingerprint density at radius 2 is 1.74 bits per heavy atom. The maximum absolute atomic E-state index is 6.25. The maximum Gasteiger partial charge on any atom is 0.249 e. The zero-order valence-electron chi connectivity index (χ0n) is 17.0. The second-order valence-corrected chi connectivity index (χ2v) is 8.77. The molecule has 4 aromatic rings. The molecule has 5 rings (SSSR count). The van der Waals surface area contributed by atoms with Crippen LogP contribution in [0, 0.1) is 6.92 Å². The number of aromatic nitrogens is 5. The molecule has 2 aromatic heterocycles. The second kappa shape index (κ2) is 8.72. The minimum atomic E-state index is 0.416. The molecule has 0 bridgehead atoms. The van der Waals surface area contributed by atoms with Gasteiger partial charge in [-0.05, 0) is 44.0 Å². The maximum atomic E-state index is 6.25. The number of hydrogen-bond acceptors (Lipinski definition) is 7. The normalized spacial score (nSPS) is 13.8. The topological polar surface area (TPSA) is 72.9 Å². The van der Waals surface area contributed by atoms with Crippen molar-refractivity contribution in [1.29, 1.82) is 0 Å². The summed E-state index contributed by atoms with van der Waals surface area (Å²) in [7, 11) is 0. The van der Waals surface area contributed by atoms with E-state index in [1.807, 2.05) is 18.2 Å². The van der Waals surface area contributed by atoms with Crippen LogP contribution in [0.5, 0.6) is 0 Å². The van der Waals surface area contributed by atoms with Crippen LogP contribution in [0.2, 0.25) is 5.02 Å². The standard InChI is InChI=1S/C22H21ClN6OS/c1-15-8-10-16(11-9-15)29-21(28-12-4-5-13-28)26-27-22(29)31-14-19-24-25-20(30-19)17-6-2-3-7-18(17)23/h2-3,6-11H,4-5,12-14H2,1H3. The summed E-state index contributed by atoms with van der Waals surface area (Å²) in [6, 6.07) is 15.8. The monoisotopic (exact) mass is 452 g/mol. The Bertz CT molecular complexity index is 1180. The number of benzene rings is 2. The first-order valence-electron chi connectivity index (χ1n) is 10.2. The Kier molecular flexibility index (Phi) is 5.65. The first-order chi connectivity index (χ1) is 15.2. The summed E-state index contributed by atoms with van der Waals surface area (Å²) in [6.45, 7) is 4.08. The molecule has 2 aromatic carbocycles. The lowest BCUT2D eigenvalue weighted by Crippen LogP contribution is -2.22. The highest BCUT2D eigenvalue weighted by Crippen LogP contribution is 2.31. The van der Waals surface area contributed by atoms with E-state index in [0.717, 1.165) is 35.4 Å². The Hall–Kier alpha value is -2.84. The smallest absolute Gasteiger partial charge is 0.249 e. The molecular weight excluding hydrogens is 432 g/mol. The van der Waals surface area contributed by atoms with Gasteiger partial charge in [0.15, 0.2) is 5.16 Å². The van der Waals surface area contributed by atoms with Gasteiger partial charge in [0.1, 0.15) is 0 Å². The summed E-state index contributed by atoms with van der Waals surface area (Å²) in [5.41, 5.74) is 2.99. The van der Waals surface area contributed by atoms with Crippen LogP contribution in [0.4, 0.5) is 5.95 Å². The minimum Gasteiger partial charge on any atom is -0.420 e. The molecule has 0 saturated carbocycles. The number of aryl methyl sites for hydroxylation is 1. The van der Waals surface area contributed by atoms with Crippen LogP contribution in [-0.2, 0) is 5.75 Å². The third-order valence-corrected chi connectivity index (χ3v) is 6.44. The van der Waals surface area contributed by atoms with E-state index < -0.39 is 0 Å². The van der Waals surface area contributed by atoms with E-state index in [0.29, 0.717) is 22.6 Å². The Morgan fingerprint density at radius 3 is 2.52 bits per heavy atom. The van der Waals surface area contributed by atoms with Gasteiger partial charge in [0.25, 0.3) is 0 Å². The first-order valence-corrected chi connectivity index (χ1v) is 11.5. The van der Waals surface area contributed by atoms with Crippen molar-refractivity contribution in [2.75, 3.05) is 18.0 Å². The van der Waals surface area contributed by atoms with E-state index in [1.54, 1.807) is 6.07 Å². The highest BCUT2D eigenvalue weighted by atomic mass is 35.5. The van der Waals surface area contributed by atoms with Crippen LogP contribution >= 0.6 is 23.4 Å². The predicted molar refractivity (Wildman–Crippen MR) is 122 cm³/mol. The molecule has 1 fully saturated rings. The van der Waals surface area contributed by atoms with Crippen molar-refractivity contribution in [3.8, 4) is 17.1 Å². The molecule has 0 radical (unpaired) electrons. The third-order valence-electron chi connectivity index (χ3n) is 5.19. The summed E-state index contributed by atoms with van der Waals surface area (Å²) in [6.07, 6.45) is 2.35. The molecular formula is C22H21ClN6OS. The quantitative estimate of drug-likeness (QED) is 0.373. The molecule has 158 valence electrons. The lowest BCUT2D eigenvalue weighted by atomic mass is 10.2. The van der Waals surface area contributed by atoms with Crippen LogP contribution in [0.15, 0.2) is 58.1 Å². The van der Waals surface area contributed by atoms with Crippen LogP contribution in [0.1, 0.15) is 24.3 Å². The van der Waals surface area contributed by atoms with Gasteiger partial charge >= 0.3 is 0 Å². The molecule has 0 atom stereocenters. The van der Waals surface area contributed by atoms with Gasteiger partial charge in [0.2, 0.25) is 17.7 Å². The van der Waals surface area contributed by atoms with Gasteiger partial charge < -0.3 is 9.32 Å². The van der Waals surface area contributed by atoms with Gasteiger partial charge in [-0.1, -0.05) is 53.2 Å². The SMILES string of the molecule is Cc1ccc(-n2c(SCc3nnc(-c4ccccc4Cl)o3)nnc2N2CCCC2)cc1. The number of nitrogens with zero attached hydrogens (tertiary/aromatic N) is 6. The lowest BCUT2D eigenvalue weighted by molar-refractivity contribution is 0.528. The molecule has 0 aliphatic carbocycles. The largest absolute Gasteiger partial charge is 0.420 e. The Morgan fingerprint density at radius 1 is 0.968 bits per heavy atom. The van der Waals surface area contributed by atoms with Gasteiger partial charge in [0, 0.05) is 13.1 Å². The van der Waals surface area contributed by atoms with Gasteiger partial charge in [-0.3, -0.25) is 4.57 Å². The van der Waals surface area contributed by atoms with E-state index in [1.165, 1.54) is 30.2 Å². The first kappa shape index (κ1) is 20.1. The molecule has 1 aliphatic heterocycles. The fraction of sp³-hybridized carbons (Fsp3) is 0.273. The predicted octanol–water partition coefficient (Wildman–Crippen LogP) is 5.17. The van der Waals surface area contributed by atoms with Crippen molar-refractivity contribution in [3.05, 3.63) is 65.0 Å². The van der Waals surface area contributed by atoms with Crippen LogP contribution < -0.4 is 4.90 Å². The number of hydrogen-bond donors (Lipinski definition) is 0. The van der Waals surface area contributed by atoms with Crippen molar-refractivity contribution < 1.29 is 4.42 Å². The zero-order valence-corrected chi connectivity index (χ0v) is 18.6. The molecule has 0 amide bonds. The number of rotatable bonds is 6. The van der Waals surface area contributed by atoms with Gasteiger partial charge in [-0.25, -0.2) is 0 Å². The fourth-order valence-electron chi connectivity index (χ4n) is 3.58. The zero-order chi connectivity index (χ0) is 21.2. The van der Waals surface area contributed by atoms with Crippen molar-refractivity contribution in [2.24, 2.45) is 0 Å². The Balaban J connectivity index is 1.41. The lowest BCUT2D eigenvalue weighted by Gasteiger charge is -2.18. The molecule has 9 heteroatoms. The van der Waals surface area contributed by atoms with E-state index in [-0.39, 0.29) is 0 Å². The van der Waals surface area contributed by atoms with Crippen LogP contribution in [-0.4, -0.2) is 38.1 Å². The molecule has 7 nitrogen and oxygen atoms in total. The van der Waals surface area contributed by atoms with Gasteiger partial charge in [0.05, 0.1) is 22.0 Å². The summed E-state index contributed by atoms with van der Waals surface area (Å²) in [5.74, 6) is 2.30. The molecule has 0 N–H and O–H groups in total. The van der Waals surface area contributed by atoms with Crippen molar-refractivity contribution >= 4 is 29.3 Å². The number of thioether (sulfide) groups is 1. The Labute approximate surface area is 189 Å². The third kappa shape index (κ3) is 4.18. The van der Waals surface area contributed by atoms with Crippen molar-refractivity contribution in [1.82, 2.24) is 25.0 Å². The van der Waals surface area contributed by atoms with Crippen molar-refractivity contribution in [2.45, 2.75) is 30.7 Å². The second-order valence-electron chi connectivity index (χ2n) is 7.42. The highest BCUT2D eigenvalue weighted by Gasteiger charge is 2.23. The van der Waals surface area contributed by atoms with E-state index in [4.69, 9.17) is 16.0 Å². The molecule has 1 aliphatic rings. The summed E-state index contributed by atoms with van der Waals surface area (Å²) in [5, 5.41) is 18.7.